The number of pyridine rings is 1. The highest BCUT2D eigenvalue weighted by Crippen LogP contribution is 2.30. The number of imidazole rings is 1. The van der Waals surface area contributed by atoms with Crippen LogP contribution >= 0.6 is 0 Å². The zero-order valence-corrected chi connectivity index (χ0v) is 16.1. The third-order valence-electron chi connectivity index (χ3n) is 5.32. The summed E-state index contributed by atoms with van der Waals surface area (Å²) in [6.07, 6.45) is 7.34. The van der Waals surface area contributed by atoms with Crippen molar-refractivity contribution in [3.05, 3.63) is 84.0 Å². The van der Waals surface area contributed by atoms with Gasteiger partial charge >= 0.3 is 0 Å². The lowest BCUT2D eigenvalue weighted by molar-refractivity contribution is 0.0872. The van der Waals surface area contributed by atoms with Gasteiger partial charge in [-0.3, -0.25) is 14.7 Å². The van der Waals surface area contributed by atoms with E-state index in [4.69, 9.17) is 0 Å². The molecular formula is C22H24FN5O. The summed E-state index contributed by atoms with van der Waals surface area (Å²) < 4.78 is 13.6. The highest BCUT2D eigenvalue weighted by atomic mass is 19.1. The zero-order valence-electron chi connectivity index (χ0n) is 16.1. The van der Waals surface area contributed by atoms with Gasteiger partial charge in [0.15, 0.2) is 0 Å². The van der Waals surface area contributed by atoms with Crippen molar-refractivity contribution >= 4 is 5.91 Å². The minimum absolute atomic E-state index is 0.200. The summed E-state index contributed by atoms with van der Waals surface area (Å²) in [6.45, 7) is 2.56. The second-order valence-corrected chi connectivity index (χ2v) is 7.39. The fourth-order valence-corrected chi connectivity index (χ4v) is 3.95. The number of hydrogen-bond donors (Lipinski definition) is 2. The highest BCUT2D eigenvalue weighted by Gasteiger charge is 2.31. The number of aromatic nitrogens is 3. The summed E-state index contributed by atoms with van der Waals surface area (Å²) >= 11 is 0. The number of benzene rings is 1. The van der Waals surface area contributed by atoms with Gasteiger partial charge in [-0.2, -0.15) is 0 Å². The Labute approximate surface area is 169 Å². The predicted molar refractivity (Wildman–Crippen MR) is 107 cm³/mol. The second-order valence-electron chi connectivity index (χ2n) is 7.39. The molecule has 0 saturated carbocycles. The van der Waals surface area contributed by atoms with E-state index >= 15 is 0 Å². The van der Waals surface area contributed by atoms with Gasteiger partial charge in [0.25, 0.3) is 5.91 Å². The van der Waals surface area contributed by atoms with E-state index < -0.39 is 5.82 Å². The standard InChI is InChI=1S/C22H24FN5O/c23-18-7-3-5-16(13-18)22(29)27-21(19-8-1-2-9-24-19)17-6-4-12-28(14-17)15-20-25-10-11-26-20/h1-3,5,7-11,13,17,21H,4,6,12,14-15H2,(H,25,26)(H,27,29). The molecule has 0 spiro atoms. The molecule has 1 saturated heterocycles. The topological polar surface area (TPSA) is 73.9 Å². The normalized spacial score (nSPS) is 18.3. The average molecular weight is 393 g/mol. The first-order valence-electron chi connectivity index (χ1n) is 9.87. The van der Waals surface area contributed by atoms with Crippen molar-refractivity contribution in [1.82, 2.24) is 25.2 Å². The summed E-state index contributed by atoms with van der Waals surface area (Å²) in [5.74, 6) is 0.424. The summed E-state index contributed by atoms with van der Waals surface area (Å²) in [5, 5.41) is 3.11. The van der Waals surface area contributed by atoms with Crippen LogP contribution in [0.4, 0.5) is 4.39 Å². The number of aromatic amines is 1. The average Bonchev–Trinajstić information content (AvgIpc) is 3.26. The van der Waals surface area contributed by atoms with Gasteiger partial charge in [-0.15, -0.1) is 0 Å². The lowest BCUT2D eigenvalue weighted by atomic mass is 9.88. The number of amides is 1. The molecule has 2 N–H and O–H groups in total. The lowest BCUT2D eigenvalue weighted by Gasteiger charge is -2.36. The summed E-state index contributed by atoms with van der Waals surface area (Å²) in [7, 11) is 0. The Hall–Kier alpha value is -3.06. The van der Waals surface area contributed by atoms with Crippen molar-refractivity contribution in [3.8, 4) is 0 Å². The van der Waals surface area contributed by atoms with Crippen LogP contribution in [0.1, 0.15) is 40.8 Å². The number of nitrogens with one attached hydrogen (secondary N) is 2. The number of H-pyrrole nitrogens is 1. The van der Waals surface area contributed by atoms with Crippen LogP contribution in [-0.4, -0.2) is 38.8 Å². The minimum Gasteiger partial charge on any atom is -0.348 e. The first-order chi connectivity index (χ1) is 14.2. The van der Waals surface area contributed by atoms with Gasteiger partial charge in [0.1, 0.15) is 11.6 Å². The number of carbonyl (C=O) groups is 1. The summed E-state index contributed by atoms with van der Waals surface area (Å²) in [5.41, 5.74) is 1.14. The molecule has 1 fully saturated rings. The molecule has 6 nitrogen and oxygen atoms in total. The van der Waals surface area contributed by atoms with Crippen molar-refractivity contribution in [2.45, 2.75) is 25.4 Å². The number of hydrogen-bond acceptors (Lipinski definition) is 4. The van der Waals surface area contributed by atoms with Gasteiger partial charge in [-0.1, -0.05) is 12.1 Å². The van der Waals surface area contributed by atoms with Crippen LogP contribution in [0.3, 0.4) is 0 Å². The quantitative estimate of drug-likeness (QED) is 0.674. The Kier molecular flexibility index (Phi) is 5.95. The molecule has 3 aromatic rings. The third kappa shape index (κ3) is 4.86. The Bertz CT molecular complexity index is 931. The number of rotatable bonds is 6. The number of likely N-dealkylation sites (tertiary alicyclic amines) is 1. The minimum atomic E-state index is -0.422. The van der Waals surface area contributed by atoms with Crippen LogP contribution < -0.4 is 5.32 Å². The highest BCUT2D eigenvalue weighted by molar-refractivity contribution is 5.94. The molecule has 0 bridgehead atoms. The molecule has 3 heterocycles. The van der Waals surface area contributed by atoms with E-state index in [9.17, 15) is 9.18 Å². The maximum atomic E-state index is 13.6. The van der Waals surface area contributed by atoms with Gasteiger partial charge in [0.2, 0.25) is 0 Å². The van der Waals surface area contributed by atoms with Gasteiger partial charge in [-0.05, 0) is 55.6 Å². The van der Waals surface area contributed by atoms with E-state index in [0.717, 1.165) is 44.0 Å². The van der Waals surface area contributed by atoms with Crippen LogP contribution in [0.5, 0.6) is 0 Å². The van der Waals surface area contributed by atoms with Gasteiger partial charge in [0.05, 0.1) is 18.3 Å². The van der Waals surface area contributed by atoms with Gasteiger partial charge in [-0.25, -0.2) is 9.37 Å². The molecular weight excluding hydrogens is 369 g/mol. The zero-order chi connectivity index (χ0) is 20.1. The van der Waals surface area contributed by atoms with E-state index in [0.29, 0.717) is 5.56 Å². The molecule has 0 aliphatic carbocycles. The van der Waals surface area contributed by atoms with Crippen molar-refractivity contribution in [2.75, 3.05) is 13.1 Å². The summed E-state index contributed by atoms with van der Waals surface area (Å²) in [4.78, 5) is 27.1. The molecule has 1 aromatic carbocycles. The monoisotopic (exact) mass is 393 g/mol. The van der Waals surface area contributed by atoms with Crippen molar-refractivity contribution in [3.63, 3.8) is 0 Å². The van der Waals surface area contributed by atoms with Crippen LogP contribution in [0.25, 0.3) is 0 Å². The number of carbonyl (C=O) groups excluding carboxylic acids is 1. The fraction of sp³-hybridized carbons (Fsp3) is 0.318. The van der Waals surface area contributed by atoms with E-state index in [2.05, 4.69) is 25.2 Å². The molecule has 150 valence electrons. The largest absolute Gasteiger partial charge is 0.348 e. The molecule has 2 unspecified atom stereocenters. The van der Waals surface area contributed by atoms with Crippen LogP contribution in [0.15, 0.2) is 61.1 Å². The SMILES string of the molecule is O=C(NC(c1ccccn1)C1CCCN(Cc2ncc[nH]2)C1)c1cccc(F)c1. The Morgan fingerprint density at radius 1 is 1.24 bits per heavy atom. The Balaban J connectivity index is 1.53. The number of halogens is 1. The third-order valence-corrected chi connectivity index (χ3v) is 5.32. The van der Waals surface area contributed by atoms with E-state index in [1.54, 1.807) is 24.5 Å². The second kappa shape index (κ2) is 8.96. The number of piperidine rings is 1. The van der Waals surface area contributed by atoms with Crippen molar-refractivity contribution in [2.24, 2.45) is 5.92 Å². The summed E-state index contributed by atoms with van der Waals surface area (Å²) in [6, 6.07) is 11.2. The van der Waals surface area contributed by atoms with Gasteiger partial charge < -0.3 is 10.3 Å². The van der Waals surface area contributed by atoms with E-state index in [1.807, 2.05) is 24.4 Å². The molecule has 2 atom stereocenters. The van der Waals surface area contributed by atoms with Crippen molar-refractivity contribution < 1.29 is 9.18 Å². The maximum absolute atomic E-state index is 13.6. The first kappa shape index (κ1) is 19.3. The Morgan fingerprint density at radius 2 is 2.17 bits per heavy atom. The fourth-order valence-electron chi connectivity index (χ4n) is 3.95. The molecule has 0 radical (unpaired) electrons. The predicted octanol–water partition coefficient (Wildman–Crippen LogP) is 3.33. The smallest absolute Gasteiger partial charge is 0.251 e. The first-order valence-corrected chi connectivity index (χ1v) is 9.87. The van der Waals surface area contributed by atoms with Crippen molar-refractivity contribution in [1.29, 1.82) is 0 Å². The molecule has 2 aromatic heterocycles. The van der Waals surface area contributed by atoms with E-state index in [-0.39, 0.29) is 17.9 Å². The van der Waals surface area contributed by atoms with E-state index in [1.165, 1.54) is 12.1 Å². The Morgan fingerprint density at radius 3 is 2.93 bits per heavy atom. The van der Waals surface area contributed by atoms with Crippen LogP contribution in [-0.2, 0) is 6.54 Å². The number of nitrogens with zero attached hydrogens (tertiary/aromatic N) is 3. The van der Waals surface area contributed by atoms with Crippen LogP contribution in [0.2, 0.25) is 0 Å². The van der Waals surface area contributed by atoms with Crippen LogP contribution in [0, 0.1) is 11.7 Å². The van der Waals surface area contributed by atoms with Gasteiger partial charge in [0, 0.05) is 30.7 Å². The lowest BCUT2D eigenvalue weighted by Crippen LogP contribution is -2.43. The molecule has 4 rings (SSSR count). The molecule has 7 heteroatoms. The maximum Gasteiger partial charge on any atom is 0.251 e. The molecule has 1 aliphatic rings. The molecule has 29 heavy (non-hydrogen) atoms. The molecule has 1 aliphatic heterocycles. The molecule has 1 amide bonds.